The van der Waals surface area contributed by atoms with Crippen LogP contribution >= 0.6 is 11.8 Å². The Morgan fingerprint density at radius 3 is 2.78 bits per heavy atom. The van der Waals surface area contributed by atoms with E-state index in [1.165, 1.54) is 23.9 Å². The molecule has 1 aromatic carbocycles. The summed E-state index contributed by atoms with van der Waals surface area (Å²) in [6, 6.07) is 5.99. The lowest BCUT2D eigenvalue weighted by Crippen LogP contribution is -2.09. The van der Waals surface area contributed by atoms with Crippen molar-refractivity contribution in [3.05, 3.63) is 42.2 Å². The number of amidine groups is 1. The van der Waals surface area contributed by atoms with Gasteiger partial charge in [-0.3, -0.25) is 0 Å². The van der Waals surface area contributed by atoms with Crippen LogP contribution in [0.5, 0.6) is 0 Å². The zero-order valence-corrected chi connectivity index (χ0v) is 10.2. The second kappa shape index (κ2) is 5.54. The van der Waals surface area contributed by atoms with Gasteiger partial charge in [0.1, 0.15) is 5.82 Å². The van der Waals surface area contributed by atoms with Gasteiger partial charge < -0.3 is 16.0 Å². The van der Waals surface area contributed by atoms with E-state index >= 15 is 0 Å². The molecule has 0 aliphatic rings. The number of nitrogens with two attached hydrogens (primary N) is 2. The molecule has 4 N–H and O–H groups in total. The molecule has 0 saturated heterocycles. The molecule has 5 nitrogen and oxygen atoms in total. The first-order chi connectivity index (χ1) is 8.69. The number of rotatable bonds is 3. The van der Waals surface area contributed by atoms with E-state index in [-0.39, 0.29) is 11.0 Å². The molecule has 0 bridgehead atoms. The highest BCUT2D eigenvalue weighted by atomic mass is 32.2. The lowest BCUT2D eigenvalue weighted by Gasteiger charge is -1.96. The second-order valence-electron chi connectivity index (χ2n) is 3.38. The van der Waals surface area contributed by atoms with E-state index in [4.69, 9.17) is 16.0 Å². The van der Waals surface area contributed by atoms with Crippen LogP contribution in [-0.2, 0) is 5.75 Å². The quantitative estimate of drug-likeness (QED) is 0.383. The topological polar surface area (TPSA) is 90.4 Å². The van der Waals surface area contributed by atoms with Crippen molar-refractivity contribution in [2.45, 2.75) is 5.75 Å². The van der Waals surface area contributed by atoms with Crippen molar-refractivity contribution < 1.29 is 8.81 Å². The number of aromatic nitrogens is 1. The SMILES string of the molecule is NN=C(N)SCc1ncc(-c2ccc(F)cc2)o1. The maximum atomic E-state index is 12.8. The lowest BCUT2D eigenvalue weighted by molar-refractivity contribution is 0.530. The summed E-state index contributed by atoms with van der Waals surface area (Å²) in [6.07, 6.45) is 1.58. The van der Waals surface area contributed by atoms with E-state index in [0.717, 1.165) is 5.56 Å². The fourth-order valence-electron chi connectivity index (χ4n) is 1.30. The Morgan fingerprint density at radius 1 is 1.39 bits per heavy atom. The predicted octanol–water partition coefficient (Wildman–Crippen LogP) is 1.90. The van der Waals surface area contributed by atoms with Crippen LogP contribution in [0.1, 0.15) is 5.89 Å². The Kier molecular flexibility index (Phi) is 3.83. The minimum Gasteiger partial charge on any atom is -0.440 e. The molecule has 0 saturated carbocycles. The van der Waals surface area contributed by atoms with E-state index in [1.807, 2.05) is 0 Å². The largest absolute Gasteiger partial charge is 0.440 e. The van der Waals surface area contributed by atoms with Gasteiger partial charge in [0.2, 0.25) is 5.89 Å². The Hall–Kier alpha value is -2.02. The smallest absolute Gasteiger partial charge is 0.205 e. The number of hydrogen-bond acceptors (Lipinski definition) is 5. The molecule has 7 heteroatoms. The number of oxazole rings is 1. The van der Waals surface area contributed by atoms with E-state index in [2.05, 4.69) is 10.1 Å². The van der Waals surface area contributed by atoms with E-state index in [9.17, 15) is 4.39 Å². The average Bonchev–Trinajstić information content (AvgIpc) is 2.85. The first kappa shape index (κ1) is 12.4. The van der Waals surface area contributed by atoms with Gasteiger partial charge in [-0.25, -0.2) is 9.37 Å². The molecular weight excluding hydrogens is 255 g/mol. The fraction of sp³-hybridized carbons (Fsp3) is 0.0909. The van der Waals surface area contributed by atoms with Crippen LogP contribution in [0.25, 0.3) is 11.3 Å². The minimum atomic E-state index is -0.291. The molecule has 2 rings (SSSR count). The molecule has 0 spiro atoms. The Balaban J connectivity index is 2.08. The van der Waals surface area contributed by atoms with Gasteiger partial charge in [-0.15, -0.1) is 0 Å². The van der Waals surface area contributed by atoms with Gasteiger partial charge in [-0.1, -0.05) is 11.8 Å². The summed E-state index contributed by atoms with van der Waals surface area (Å²) >= 11 is 1.23. The number of hydrazone groups is 1. The van der Waals surface area contributed by atoms with Gasteiger partial charge in [0.05, 0.1) is 11.9 Å². The van der Waals surface area contributed by atoms with Crippen LogP contribution < -0.4 is 11.6 Å². The molecule has 1 aromatic heterocycles. The number of halogens is 1. The molecule has 0 radical (unpaired) electrons. The molecule has 18 heavy (non-hydrogen) atoms. The molecular formula is C11H11FN4OS. The maximum Gasteiger partial charge on any atom is 0.205 e. The van der Waals surface area contributed by atoms with Crippen molar-refractivity contribution in [2.24, 2.45) is 16.7 Å². The summed E-state index contributed by atoms with van der Waals surface area (Å²) < 4.78 is 18.3. The maximum absolute atomic E-state index is 12.8. The van der Waals surface area contributed by atoms with Crippen LogP contribution in [0, 0.1) is 5.82 Å². The van der Waals surface area contributed by atoms with Crippen molar-refractivity contribution in [2.75, 3.05) is 0 Å². The third-order valence-corrected chi connectivity index (χ3v) is 2.95. The Bertz CT molecular complexity index is 552. The van der Waals surface area contributed by atoms with Crippen molar-refractivity contribution in [1.29, 1.82) is 0 Å². The molecule has 1 heterocycles. The summed E-state index contributed by atoms with van der Waals surface area (Å²) in [5, 5.41) is 3.59. The van der Waals surface area contributed by atoms with Crippen LogP contribution in [0.3, 0.4) is 0 Å². The summed E-state index contributed by atoms with van der Waals surface area (Å²) in [4.78, 5) is 4.09. The zero-order valence-electron chi connectivity index (χ0n) is 9.34. The second-order valence-corrected chi connectivity index (χ2v) is 4.38. The van der Waals surface area contributed by atoms with Gasteiger partial charge in [0, 0.05) is 5.56 Å². The molecule has 0 aliphatic carbocycles. The van der Waals surface area contributed by atoms with E-state index < -0.39 is 0 Å². The molecule has 0 atom stereocenters. The normalized spacial score (nSPS) is 11.7. The highest BCUT2D eigenvalue weighted by Gasteiger charge is 2.07. The van der Waals surface area contributed by atoms with E-state index in [1.54, 1.807) is 18.3 Å². The summed E-state index contributed by atoms with van der Waals surface area (Å²) in [5.41, 5.74) is 6.20. The molecule has 0 amide bonds. The highest BCUT2D eigenvalue weighted by Crippen LogP contribution is 2.22. The van der Waals surface area contributed by atoms with Crippen LogP contribution in [-0.4, -0.2) is 10.2 Å². The number of hydrogen-bond donors (Lipinski definition) is 2. The average molecular weight is 266 g/mol. The predicted molar refractivity (Wildman–Crippen MR) is 69.0 cm³/mol. The molecule has 0 aliphatic heterocycles. The monoisotopic (exact) mass is 266 g/mol. The minimum absolute atomic E-state index is 0.261. The fourth-order valence-corrected chi connectivity index (χ4v) is 1.78. The van der Waals surface area contributed by atoms with Gasteiger partial charge in [0.25, 0.3) is 0 Å². The van der Waals surface area contributed by atoms with Crippen LogP contribution in [0.2, 0.25) is 0 Å². The zero-order chi connectivity index (χ0) is 13.0. The Labute approximate surface area is 107 Å². The van der Waals surface area contributed by atoms with E-state index in [0.29, 0.717) is 17.4 Å². The molecule has 2 aromatic rings. The van der Waals surface area contributed by atoms with Crippen molar-refractivity contribution in [3.63, 3.8) is 0 Å². The third kappa shape index (κ3) is 3.01. The third-order valence-electron chi connectivity index (χ3n) is 2.15. The first-order valence-corrected chi connectivity index (χ1v) is 6.04. The van der Waals surface area contributed by atoms with Gasteiger partial charge in [-0.05, 0) is 24.3 Å². The Morgan fingerprint density at radius 2 is 2.11 bits per heavy atom. The number of nitrogens with zero attached hydrogens (tertiary/aromatic N) is 2. The highest BCUT2D eigenvalue weighted by molar-refractivity contribution is 8.13. The van der Waals surface area contributed by atoms with Crippen molar-refractivity contribution in [3.8, 4) is 11.3 Å². The molecule has 94 valence electrons. The molecule has 0 unspecified atom stereocenters. The van der Waals surface area contributed by atoms with Crippen LogP contribution in [0.15, 0.2) is 40.0 Å². The molecule has 0 fully saturated rings. The van der Waals surface area contributed by atoms with Gasteiger partial charge >= 0.3 is 0 Å². The van der Waals surface area contributed by atoms with Gasteiger partial charge in [0.15, 0.2) is 10.9 Å². The van der Waals surface area contributed by atoms with Crippen molar-refractivity contribution in [1.82, 2.24) is 4.98 Å². The number of benzene rings is 1. The summed E-state index contributed by atoms with van der Waals surface area (Å²) in [6.45, 7) is 0. The lowest BCUT2D eigenvalue weighted by atomic mass is 10.2. The first-order valence-electron chi connectivity index (χ1n) is 5.06. The number of thioether (sulfide) groups is 1. The van der Waals surface area contributed by atoms with Crippen molar-refractivity contribution >= 4 is 16.9 Å². The standard InChI is InChI=1S/C11H11FN4OS/c12-8-3-1-7(2-4-8)9-5-15-10(17-9)6-18-11(13)16-14/h1-5H,6,14H2,(H2,13,16). The summed E-state index contributed by atoms with van der Waals surface area (Å²) in [5.74, 6) is 6.23. The summed E-state index contributed by atoms with van der Waals surface area (Å²) in [7, 11) is 0. The van der Waals surface area contributed by atoms with Crippen LogP contribution in [0.4, 0.5) is 4.39 Å². The van der Waals surface area contributed by atoms with Gasteiger partial charge in [-0.2, -0.15) is 5.10 Å².